The molecule has 1 unspecified atom stereocenters. The highest BCUT2D eigenvalue weighted by atomic mass is 127. The fraction of sp³-hybridized carbons (Fsp3) is 0.522. The smallest absolute Gasteiger partial charge is 0.225 e. The zero-order chi connectivity index (χ0) is 21.2. The third kappa shape index (κ3) is 7.03. The predicted molar refractivity (Wildman–Crippen MR) is 139 cm³/mol. The van der Waals surface area contributed by atoms with Crippen LogP contribution in [-0.4, -0.2) is 78.1 Å². The van der Waals surface area contributed by atoms with Crippen molar-refractivity contribution in [2.75, 3.05) is 57.3 Å². The molecule has 1 aromatic heterocycles. The summed E-state index contributed by atoms with van der Waals surface area (Å²) < 4.78 is 0. The lowest BCUT2D eigenvalue weighted by molar-refractivity contribution is 0.223. The first-order valence-corrected chi connectivity index (χ1v) is 11.1. The van der Waals surface area contributed by atoms with Crippen molar-refractivity contribution in [3.8, 4) is 0 Å². The summed E-state index contributed by atoms with van der Waals surface area (Å²) in [6.45, 7) is 13.8. The van der Waals surface area contributed by atoms with Gasteiger partial charge in [0.25, 0.3) is 0 Å². The lowest BCUT2D eigenvalue weighted by atomic mass is 10.1. The summed E-state index contributed by atoms with van der Waals surface area (Å²) in [6, 6.07) is 12.9. The van der Waals surface area contributed by atoms with Crippen LogP contribution in [0.25, 0.3) is 0 Å². The molecule has 0 bridgehead atoms. The van der Waals surface area contributed by atoms with Crippen LogP contribution in [0.1, 0.15) is 32.4 Å². The van der Waals surface area contributed by atoms with Crippen LogP contribution < -0.4 is 10.2 Å². The molecule has 1 saturated heterocycles. The molecule has 31 heavy (non-hydrogen) atoms. The Morgan fingerprint density at radius 1 is 1.00 bits per heavy atom. The molecule has 170 valence electrons. The van der Waals surface area contributed by atoms with Gasteiger partial charge in [0.15, 0.2) is 5.96 Å². The van der Waals surface area contributed by atoms with E-state index in [1.54, 1.807) is 12.4 Å². The Kier molecular flexibility index (Phi) is 11.0. The van der Waals surface area contributed by atoms with Gasteiger partial charge in [-0.2, -0.15) is 0 Å². The first-order chi connectivity index (χ1) is 14.8. The largest absolute Gasteiger partial charge is 0.357 e. The Hall–Kier alpha value is -1.94. The third-order valence-electron chi connectivity index (χ3n) is 5.60. The van der Waals surface area contributed by atoms with E-state index in [0.717, 1.165) is 64.3 Å². The zero-order valence-corrected chi connectivity index (χ0v) is 21.3. The molecule has 0 radical (unpaired) electrons. The number of halogens is 1. The summed E-state index contributed by atoms with van der Waals surface area (Å²) in [7, 11) is 0. The molecule has 0 aliphatic carbocycles. The Morgan fingerprint density at radius 2 is 1.65 bits per heavy atom. The minimum atomic E-state index is 0. The highest BCUT2D eigenvalue weighted by Crippen LogP contribution is 2.21. The van der Waals surface area contributed by atoms with Gasteiger partial charge in [0.05, 0.1) is 12.6 Å². The molecule has 1 N–H and O–H groups in total. The second-order valence-electron chi connectivity index (χ2n) is 7.37. The van der Waals surface area contributed by atoms with E-state index in [2.05, 4.69) is 81.1 Å². The van der Waals surface area contributed by atoms with Crippen LogP contribution in [0.3, 0.4) is 0 Å². The van der Waals surface area contributed by atoms with E-state index < -0.39 is 0 Å². The molecule has 1 atom stereocenters. The Morgan fingerprint density at radius 3 is 2.23 bits per heavy atom. The van der Waals surface area contributed by atoms with Crippen LogP contribution in [0.5, 0.6) is 0 Å². The molecule has 0 saturated carbocycles. The number of nitrogens with one attached hydrogen (secondary N) is 1. The molecule has 2 aromatic rings. The molecule has 1 aliphatic heterocycles. The molecule has 0 spiro atoms. The SMILES string of the molecule is CCNC(=NCC(c1ccccc1)N(CC)CC)N1CCN(c2ncccn2)CC1.I. The summed E-state index contributed by atoms with van der Waals surface area (Å²) in [6.07, 6.45) is 3.61. The summed E-state index contributed by atoms with van der Waals surface area (Å²) in [4.78, 5) is 20.9. The van der Waals surface area contributed by atoms with Gasteiger partial charge in [-0.1, -0.05) is 44.2 Å². The number of aromatic nitrogens is 2. The van der Waals surface area contributed by atoms with Crippen molar-refractivity contribution in [1.29, 1.82) is 0 Å². The summed E-state index contributed by atoms with van der Waals surface area (Å²) in [5, 5.41) is 3.50. The predicted octanol–water partition coefficient (Wildman–Crippen LogP) is 3.27. The van der Waals surface area contributed by atoms with E-state index >= 15 is 0 Å². The lowest BCUT2D eigenvalue weighted by Gasteiger charge is -2.37. The number of nitrogens with zero attached hydrogens (tertiary/aromatic N) is 6. The van der Waals surface area contributed by atoms with Gasteiger partial charge < -0.3 is 15.1 Å². The Bertz CT molecular complexity index is 760. The highest BCUT2D eigenvalue weighted by molar-refractivity contribution is 14.0. The number of aliphatic imine (C=N–C) groups is 1. The molecule has 1 fully saturated rings. The number of piperazine rings is 1. The molecule has 0 amide bonds. The minimum Gasteiger partial charge on any atom is -0.357 e. The van der Waals surface area contributed by atoms with Crippen molar-refractivity contribution in [2.24, 2.45) is 4.99 Å². The quantitative estimate of drug-likeness (QED) is 0.317. The Balaban J connectivity index is 0.00000341. The molecule has 1 aliphatic rings. The highest BCUT2D eigenvalue weighted by Gasteiger charge is 2.22. The van der Waals surface area contributed by atoms with Crippen molar-refractivity contribution in [1.82, 2.24) is 25.1 Å². The number of guanidine groups is 1. The standard InChI is InChI=1S/C23H35N7.HI/c1-4-24-22(29-15-17-30(18-16-29)23-25-13-10-14-26-23)27-19-21(28(5-2)6-3)20-11-8-7-9-12-20;/h7-14,21H,4-6,15-19H2,1-3H3,(H,24,27);1H. The van der Waals surface area contributed by atoms with Gasteiger partial charge in [0.2, 0.25) is 5.95 Å². The van der Waals surface area contributed by atoms with Crippen LogP contribution in [0.4, 0.5) is 5.95 Å². The van der Waals surface area contributed by atoms with Crippen LogP contribution in [0.15, 0.2) is 53.8 Å². The fourth-order valence-corrected chi connectivity index (χ4v) is 3.94. The van der Waals surface area contributed by atoms with Gasteiger partial charge in [-0.25, -0.2) is 9.97 Å². The van der Waals surface area contributed by atoms with E-state index in [1.165, 1.54) is 5.56 Å². The van der Waals surface area contributed by atoms with Crippen molar-refractivity contribution in [3.63, 3.8) is 0 Å². The number of hydrogen-bond donors (Lipinski definition) is 1. The van der Waals surface area contributed by atoms with Crippen LogP contribution >= 0.6 is 24.0 Å². The summed E-state index contributed by atoms with van der Waals surface area (Å²) in [5.74, 6) is 1.81. The number of rotatable bonds is 8. The minimum absolute atomic E-state index is 0. The van der Waals surface area contributed by atoms with Gasteiger partial charge in [-0.15, -0.1) is 24.0 Å². The number of likely N-dealkylation sites (N-methyl/N-ethyl adjacent to an activating group) is 1. The number of hydrogen-bond acceptors (Lipinski definition) is 5. The molecule has 3 rings (SSSR count). The normalized spacial score (nSPS) is 15.5. The van der Waals surface area contributed by atoms with Crippen molar-refractivity contribution in [2.45, 2.75) is 26.8 Å². The van der Waals surface area contributed by atoms with E-state index in [4.69, 9.17) is 4.99 Å². The molecule has 7 nitrogen and oxygen atoms in total. The summed E-state index contributed by atoms with van der Waals surface area (Å²) >= 11 is 0. The van der Waals surface area contributed by atoms with Gasteiger partial charge in [-0.3, -0.25) is 9.89 Å². The number of benzene rings is 1. The van der Waals surface area contributed by atoms with E-state index in [1.807, 2.05) is 6.07 Å². The van der Waals surface area contributed by atoms with E-state index in [9.17, 15) is 0 Å². The molecule has 2 heterocycles. The Labute approximate surface area is 204 Å². The van der Waals surface area contributed by atoms with Gasteiger partial charge in [0, 0.05) is 45.1 Å². The van der Waals surface area contributed by atoms with Crippen molar-refractivity contribution in [3.05, 3.63) is 54.4 Å². The molecule has 8 heteroatoms. The molecular weight excluding hydrogens is 501 g/mol. The van der Waals surface area contributed by atoms with Gasteiger partial charge in [-0.05, 0) is 31.6 Å². The average Bonchev–Trinajstić information content (AvgIpc) is 2.82. The fourth-order valence-electron chi connectivity index (χ4n) is 3.94. The first kappa shape index (κ1) is 25.3. The topological polar surface area (TPSA) is 59.9 Å². The zero-order valence-electron chi connectivity index (χ0n) is 18.9. The maximum absolute atomic E-state index is 5.07. The van der Waals surface area contributed by atoms with Crippen LogP contribution in [-0.2, 0) is 0 Å². The third-order valence-corrected chi connectivity index (χ3v) is 5.60. The van der Waals surface area contributed by atoms with Gasteiger partial charge in [0.1, 0.15) is 0 Å². The second kappa shape index (κ2) is 13.5. The van der Waals surface area contributed by atoms with Crippen molar-refractivity contribution < 1.29 is 0 Å². The average molecular weight is 537 g/mol. The molecular formula is C23H36IN7. The van der Waals surface area contributed by atoms with E-state index in [-0.39, 0.29) is 30.0 Å². The number of anilines is 1. The van der Waals surface area contributed by atoms with E-state index in [0.29, 0.717) is 0 Å². The van der Waals surface area contributed by atoms with Crippen molar-refractivity contribution >= 4 is 35.9 Å². The first-order valence-electron chi connectivity index (χ1n) is 11.1. The van der Waals surface area contributed by atoms with Crippen LogP contribution in [0, 0.1) is 0 Å². The summed E-state index contributed by atoms with van der Waals surface area (Å²) in [5.41, 5.74) is 1.33. The van der Waals surface area contributed by atoms with Gasteiger partial charge >= 0.3 is 0 Å². The lowest BCUT2D eigenvalue weighted by Crippen LogP contribution is -2.53. The monoisotopic (exact) mass is 537 g/mol. The maximum Gasteiger partial charge on any atom is 0.225 e. The van der Waals surface area contributed by atoms with Crippen LogP contribution in [0.2, 0.25) is 0 Å². The second-order valence-corrected chi connectivity index (χ2v) is 7.37. The molecule has 1 aromatic carbocycles. The maximum atomic E-state index is 5.07.